The Balaban J connectivity index is 2.04. The zero-order valence-electron chi connectivity index (χ0n) is 10.8. The number of aryl methyl sites for hydroxylation is 1. The van der Waals surface area contributed by atoms with E-state index in [0.717, 1.165) is 25.8 Å². The van der Waals surface area contributed by atoms with Crippen LogP contribution in [-0.2, 0) is 6.54 Å². The molecule has 94 valence electrons. The van der Waals surface area contributed by atoms with Gasteiger partial charge in [-0.1, -0.05) is 11.6 Å². The van der Waals surface area contributed by atoms with Gasteiger partial charge in [-0.2, -0.15) is 10.2 Å². The Morgan fingerprint density at radius 3 is 2.76 bits per heavy atom. The standard InChI is InChI=1S/C12H20N4O/c1-10-15-11(17-16-10)8-14-7-5-4-6-12(2,3)9-13/h14H,4-8H2,1-3H3. The molecule has 0 bridgehead atoms. The summed E-state index contributed by atoms with van der Waals surface area (Å²) >= 11 is 0. The van der Waals surface area contributed by atoms with E-state index in [9.17, 15) is 0 Å². The van der Waals surface area contributed by atoms with Gasteiger partial charge in [0.15, 0.2) is 5.82 Å². The average molecular weight is 236 g/mol. The van der Waals surface area contributed by atoms with Crippen molar-refractivity contribution in [3.8, 4) is 6.07 Å². The van der Waals surface area contributed by atoms with Crippen molar-refractivity contribution in [2.45, 2.75) is 46.6 Å². The molecule has 0 aliphatic carbocycles. The maximum Gasteiger partial charge on any atom is 0.240 e. The van der Waals surface area contributed by atoms with Crippen molar-refractivity contribution >= 4 is 0 Å². The first kappa shape index (κ1) is 13.7. The van der Waals surface area contributed by atoms with Gasteiger partial charge in [0.1, 0.15) is 0 Å². The molecule has 0 aromatic carbocycles. The van der Waals surface area contributed by atoms with E-state index in [4.69, 9.17) is 9.78 Å². The minimum Gasteiger partial charge on any atom is -0.338 e. The molecular formula is C12H20N4O. The van der Waals surface area contributed by atoms with Crippen molar-refractivity contribution in [1.29, 1.82) is 5.26 Å². The van der Waals surface area contributed by atoms with Gasteiger partial charge in [-0.05, 0) is 40.2 Å². The third kappa shape index (κ3) is 5.45. The van der Waals surface area contributed by atoms with Crippen LogP contribution in [0, 0.1) is 23.7 Å². The topological polar surface area (TPSA) is 74.7 Å². The fourth-order valence-electron chi connectivity index (χ4n) is 1.48. The quantitative estimate of drug-likeness (QED) is 0.734. The highest BCUT2D eigenvalue weighted by atomic mass is 16.5. The van der Waals surface area contributed by atoms with Gasteiger partial charge in [-0.25, -0.2) is 0 Å². The van der Waals surface area contributed by atoms with Crippen LogP contribution in [-0.4, -0.2) is 16.7 Å². The van der Waals surface area contributed by atoms with E-state index in [0.29, 0.717) is 18.3 Å². The van der Waals surface area contributed by atoms with Gasteiger partial charge < -0.3 is 9.84 Å². The van der Waals surface area contributed by atoms with Crippen molar-refractivity contribution in [2.24, 2.45) is 5.41 Å². The number of hydrogen-bond donors (Lipinski definition) is 1. The Morgan fingerprint density at radius 1 is 1.41 bits per heavy atom. The van der Waals surface area contributed by atoms with Crippen molar-refractivity contribution in [3.05, 3.63) is 11.7 Å². The molecule has 1 rings (SSSR count). The van der Waals surface area contributed by atoms with Gasteiger partial charge in [0.25, 0.3) is 0 Å². The lowest BCUT2D eigenvalue weighted by Crippen LogP contribution is -2.16. The monoisotopic (exact) mass is 236 g/mol. The van der Waals surface area contributed by atoms with E-state index >= 15 is 0 Å². The summed E-state index contributed by atoms with van der Waals surface area (Å²) in [5.41, 5.74) is -0.205. The predicted molar refractivity (Wildman–Crippen MR) is 64.0 cm³/mol. The van der Waals surface area contributed by atoms with Crippen LogP contribution < -0.4 is 5.32 Å². The lowest BCUT2D eigenvalue weighted by atomic mass is 9.89. The summed E-state index contributed by atoms with van der Waals surface area (Å²) in [7, 11) is 0. The van der Waals surface area contributed by atoms with E-state index in [1.807, 2.05) is 13.8 Å². The van der Waals surface area contributed by atoms with Crippen LogP contribution in [0.1, 0.15) is 44.8 Å². The number of nitriles is 1. The molecule has 0 radical (unpaired) electrons. The van der Waals surface area contributed by atoms with Gasteiger partial charge in [0.05, 0.1) is 18.0 Å². The first-order chi connectivity index (χ1) is 8.03. The van der Waals surface area contributed by atoms with Gasteiger partial charge in [-0.3, -0.25) is 0 Å². The third-order valence-electron chi connectivity index (χ3n) is 2.55. The highest BCUT2D eigenvalue weighted by molar-refractivity contribution is 4.91. The molecule has 0 atom stereocenters. The fourth-order valence-corrected chi connectivity index (χ4v) is 1.48. The SMILES string of the molecule is Cc1noc(CNCCCCC(C)(C)C#N)n1. The van der Waals surface area contributed by atoms with Crippen LogP contribution in [0.3, 0.4) is 0 Å². The third-order valence-corrected chi connectivity index (χ3v) is 2.55. The van der Waals surface area contributed by atoms with Gasteiger partial charge in [-0.15, -0.1) is 0 Å². The predicted octanol–water partition coefficient (Wildman–Crippen LogP) is 2.19. The molecule has 1 heterocycles. The highest BCUT2D eigenvalue weighted by Gasteiger charge is 2.15. The van der Waals surface area contributed by atoms with Crippen molar-refractivity contribution in [1.82, 2.24) is 15.5 Å². The Morgan fingerprint density at radius 2 is 2.18 bits per heavy atom. The molecule has 0 aliphatic heterocycles. The van der Waals surface area contributed by atoms with Crippen LogP contribution >= 0.6 is 0 Å². The largest absolute Gasteiger partial charge is 0.338 e. The summed E-state index contributed by atoms with van der Waals surface area (Å²) in [6.07, 6.45) is 3.04. The molecule has 0 fully saturated rings. The van der Waals surface area contributed by atoms with E-state index in [2.05, 4.69) is 21.5 Å². The van der Waals surface area contributed by atoms with Gasteiger partial charge in [0, 0.05) is 0 Å². The Hall–Kier alpha value is -1.41. The average Bonchev–Trinajstić information content (AvgIpc) is 2.69. The summed E-state index contributed by atoms with van der Waals surface area (Å²) in [4.78, 5) is 4.10. The van der Waals surface area contributed by atoms with Crippen LogP contribution in [0.25, 0.3) is 0 Å². The van der Waals surface area contributed by atoms with Crippen molar-refractivity contribution in [2.75, 3.05) is 6.54 Å². The molecule has 0 saturated heterocycles. The number of rotatable bonds is 7. The Labute approximate surface area is 102 Å². The molecule has 0 unspecified atom stereocenters. The zero-order chi connectivity index (χ0) is 12.7. The molecule has 17 heavy (non-hydrogen) atoms. The molecule has 0 spiro atoms. The Kier molecular flexibility index (Phi) is 5.11. The number of unbranched alkanes of at least 4 members (excludes halogenated alkanes) is 1. The second-order valence-corrected chi connectivity index (χ2v) is 4.86. The lowest BCUT2D eigenvalue weighted by Gasteiger charge is -2.14. The van der Waals surface area contributed by atoms with Crippen molar-refractivity contribution < 1.29 is 4.52 Å². The zero-order valence-corrected chi connectivity index (χ0v) is 10.8. The highest BCUT2D eigenvalue weighted by Crippen LogP contribution is 2.21. The maximum atomic E-state index is 8.85. The molecule has 0 saturated carbocycles. The van der Waals surface area contributed by atoms with Crippen LogP contribution in [0.4, 0.5) is 0 Å². The second kappa shape index (κ2) is 6.36. The summed E-state index contributed by atoms with van der Waals surface area (Å²) in [5, 5.41) is 15.8. The summed E-state index contributed by atoms with van der Waals surface area (Å²) in [5.74, 6) is 1.29. The summed E-state index contributed by atoms with van der Waals surface area (Å²) in [6, 6.07) is 2.31. The number of nitrogens with one attached hydrogen (secondary N) is 1. The fraction of sp³-hybridized carbons (Fsp3) is 0.750. The number of hydrogen-bond acceptors (Lipinski definition) is 5. The summed E-state index contributed by atoms with van der Waals surface area (Å²) < 4.78 is 4.98. The second-order valence-electron chi connectivity index (χ2n) is 4.86. The molecule has 5 nitrogen and oxygen atoms in total. The van der Waals surface area contributed by atoms with E-state index in [1.54, 1.807) is 6.92 Å². The molecule has 1 aromatic rings. The molecule has 0 aliphatic rings. The van der Waals surface area contributed by atoms with E-state index < -0.39 is 0 Å². The number of nitrogens with zero attached hydrogens (tertiary/aromatic N) is 3. The Bertz CT molecular complexity index is 378. The molecule has 1 aromatic heterocycles. The number of aromatic nitrogens is 2. The summed E-state index contributed by atoms with van der Waals surface area (Å²) in [6.45, 7) is 7.27. The van der Waals surface area contributed by atoms with Crippen molar-refractivity contribution in [3.63, 3.8) is 0 Å². The maximum absolute atomic E-state index is 8.85. The molecule has 0 amide bonds. The normalized spacial score (nSPS) is 11.4. The van der Waals surface area contributed by atoms with E-state index in [1.165, 1.54) is 0 Å². The lowest BCUT2D eigenvalue weighted by molar-refractivity contribution is 0.361. The molecular weight excluding hydrogens is 216 g/mol. The van der Waals surface area contributed by atoms with Gasteiger partial charge in [0.2, 0.25) is 5.89 Å². The van der Waals surface area contributed by atoms with E-state index in [-0.39, 0.29) is 5.41 Å². The smallest absolute Gasteiger partial charge is 0.240 e. The minimum atomic E-state index is -0.205. The van der Waals surface area contributed by atoms with Gasteiger partial charge >= 0.3 is 0 Å². The minimum absolute atomic E-state index is 0.205. The first-order valence-electron chi connectivity index (χ1n) is 5.95. The molecule has 1 N–H and O–H groups in total. The van der Waals surface area contributed by atoms with Crippen LogP contribution in [0.5, 0.6) is 0 Å². The molecule has 5 heteroatoms. The van der Waals surface area contributed by atoms with Crippen LogP contribution in [0.2, 0.25) is 0 Å². The first-order valence-corrected chi connectivity index (χ1v) is 5.95. The van der Waals surface area contributed by atoms with Crippen LogP contribution in [0.15, 0.2) is 4.52 Å².